The van der Waals surface area contributed by atoms with Gasteiger partial charge in [-0.1, -0.05) is 23.4 Å². The molecule has 0 amide bonds. The van der Waals surface area contributed by atoms with E-state index in [9.17, 15) is 9.65 Å². The second-order valence-corrected chi connectivity index (χ2v) is 6.61. The van der Waals surface area contributed by atoms with Gasteiger partial charge in [-0.05, 0) is 26.0 Å². The number of aryl methyl sites for hydroxylation is 1. The van der Waals surface area contributed by atoms with Gasteiger partial charge in [0, 0.05) is 13.1 Å². The lowest BCUT2D eigenvalue weighted by Gasteiger charge is -2.31. The monoisotopic (exact) mass is 351 g/mol. The molecule has 2 aromatic rings. The van der Waals surface area contributed by atoms with E-state index in [1.807, 2.05) is 11.2 Å². The Bertz CT molecular complexity index is 807. The van der Waals surface area contributed by atoms with Crippen LogP contribution in [0.15, 0.2) is 5.16 Å². The van der Waals surface area contributed by atoms with Crippen molar-refractivity contribution in [1.29, 1.82) is 5.26 Å². The molecule has 0 spiro atoms. The van der Waals surface area contributed by atoms with E-state index < -0.39 is 5.82 Å². The van der Waals surface area contributed by atoms with E-state index in [1.54, 1.807) is 6.92 Å². The third kappa shape index (κ3) is 2.93. The molecule has 0 radical (unpaired) electrons. The first-order valence-electron chi connectivity index (χ1n) is 7.27. The fraction of sp³-hybridized carbons (Fsp3) is 0.467. The van der Waals surface area contributed by atoms with Crippen molar-refractivity contribution < 1.29 is 4.39 Å². The molecule has 2 aromatic heterocycles. The van der Waals surface area contributed by atoms with Crippen LogP contribution in [0.3, 0.4) is 0 Å². The van der Waals surface area contributed by atoms with Crippen LogP contribution < -0.4 is 4.90 Å². The van der Waals surface area contributed by atoms with Gasteiger partial charge in [-0.3, -0.25) is 0 Å². The van der Waals surface area contributed by atoms with E-state index in [4.69, 9.17) is 11.6 Å². The van der Waals surface area contributed by atoms with Gasteiger partial charge in [0.25, 0.3) is 0 Å². The molecular weight excluding hydrogens is 337 g/mol. The Kier molecular flexibility index (Phi) is 4.55. The van der Waals surface area contributed by atoms with Crippen LogP contribution in [0, 0.1) is 30.0 Å². The third-order valence-corrected chi connectivity index (χ3v) is 4.77. The third-order valence-electron chi connectivity index (χ3n) is 3.97. The molecule has 3 heterocycles. The van der Waals surface area contributed by atoms with E-state index >= 15 is 0 Å². The van der Waals surface area contributed by atoms with Crippen molar-refractivity contribution >= 4 is 40.1 Å². The molecule has 1 fully saturated rings. The second-order valence-electron chi connectivity index (χ2n) is 5.47. The zero-order valence-corrected chi connectivity index (χ0v) is 14.4. The number of aromatic nitrogens is 3. The van der Waals surface area contributed by atoms with E-state index in [1.165, 1.54) is 11.8 Å². The van der Waals surface area contributed by atoms with Gasteiger partial charge < -0.3 is 4.90 Å². The van der Waals surface area contributed by atoms with Crippen molar-refractivity contribution in [3.05, 3.63) is 16.7 Å². The van der Waals surface area contributed by atoms with Crippen LogP contribution in [-0.2, 0) is 0 Å². The van der Waals surface area contributed by atoms with Gasteiger partial charge in [-0.2, -0.15) is 5.26 Å². The molecule has 1 aliphatic heterocycles. The van der Waals surface area contributed by atoms with Crippen molar-refractivity contribution in [1.82, 2.24) is 15.0 Å². The topological polar surface area (TPSA) is 65.7 Å². The standard InChI is InChI=1S/C15H15ClFN5S/c1-8-10-12(11(17)13(16)19-8)20-15(23-2)21-14(10)22-5-3-4-9(6-18)7-22/h9H,3-5,7H2,1-2H3. The van der Waals surface area contributed by atoms with Gasteiger partial charge in [-0.25, -0.2) is 19.3 Å². The van der Waals surface area contributed by atoms with Crippen LogP contribution >= 0.6 is 23.4 Å². The van der Waals surface area contributed by atoms with Crippen LogP contribution in [0.1, 0.15) is 18.5 Å². The van der Waals surface area contributed by atoms with Gasteiger partial charge in [0.05, 0.1) is 23.1 Å². The van der Waals surface area contributed by atoms with E-state index in [-0.39, 0.29) is 16.6 Å². The zero-order chi connectivity index (χ0) is 16.6. The largest absolute Gasteiger partial charge is 0.355 e. The first kappa shape index (κ1) is 16.2. The summed E-state index contributed by atoms with van der Waals surface area (Å²) in [4.78, 5) is 14.9. The molecule has 3 rings (SSSR count). The van der Waals surface area contributed by atoms with Crippen molar-refractivity contribution in [2.75, 3.05) is 24.2 Å². The first-order valence-corrected chi connectivity index (χ1v) is 8.87. The average Bonchev–Trinajstić information content (AvgIpc) is 2.58. The Morgan fingerprint density at radius 2 is 2.17 bits per heavy atom. The van der Waals surface area contributed by atoms with Gasteiger partial charge in [0.15, 0.2) is 16.1 Å². The fourth-order valence-electron chi connectivity index (χ4n) is 2.87. The molecule has 1 aliphatic rings. The summed E-state index contributed by atoms with van der Waals surface area (Å²) in [6, 6.07) is 2.31. The van der Waals surface area contributed by atoms with E-state index in [0.717, 1.165) is 19.4 Å². The lowest BCUT2D eigenvalue weighted by molar-refractivity contribution is 0.490. The minimum Gasteiger partial charge on any atom is -0.355 e. The van der Waals surface area contributed by atoms with Crippen LogP contribution in [0.5, 0.6) is 0 Å². The molecule has 120 valence electrons. The maximum atomic E-state index is 14.4. The number of halogens is 2. The number of nitriles is 1. The summed E-state index contributed by atoms with van der Waals surface area (Å²) < 4.78 is 14.4. The van der Waals surface area contributed by atoms with Crippen LogP contribution in [-0.4, -0.2) is 34.3 Å². The number of nitrogens with zero attached hydrogens (tertiary/aromatic N) is 5. The predicted octanol–water partition coefficient (Wildman–Crippen LogP) is 3.59. The molecule has 23 heavy (non-hydrogen) atoms. The quantitative estimate of drug-likeness (QED) is 0.468. The lowest BCUT2D eigenvalue weighted by Crippen LogP contribution is -2.35. The molecule has 0 aliphatic carbocycles. The number of piperidine rings is 1. The molecule has 1 saturated heterocycles. The SMILES string of the molecule is CSc1nc(N2CCCC(C#N)C2)c2c(C)nc(Cl)c(F)c2n1. The Morgan fingerprint density at radius 1 is 1.39 bits per heavy atom. The highest BCUT2D eigenvalue weighted by molar-refractivity contribution is 7.98. The molecular formula is C15H15ClFN5S. The molecule has 0 N–H and O–H groups in total. The number of rotatable bonds is 2. The Labute approximate surface area is 142 Å². The Hall–Kier alpha value is -1.65. The van der Waals surface area contributed by atoms with Crippen molar-refractivity contribution in [2.45, 2.75) is 24.9 Å². The molecule has 5 nitrogen and oxygen atoms in total. The van der Waals surface area contributed by atoms with Crippen LogP contribution in [0.2, 0.25) is 5.15 Å². The van der Waals surface area contributed by atoms with Crippen LogP contribution in [0.4, 0.5) is 10.2 Å². The molecule has 0 aromatic carbocycles. The van der Waals surface area contributed by atoms with Gasteiger partial charge in [0.1, 0.15) is 11.3 Å². The van der Waals surface area contributed by atoms with Crippen LogP contribution in [0.25, 0.3) is 10.9 Å². The van der Waals surface area contributed by atoms with Crippen molar-refractivity contribution in [3.63, 3.8) is 0 Å². The van der Waals surface area contributed by atoms with Crippen molar-refractivity contribution in [2.24, 2.45) is 5.92 Å². The molecule has 0 saturated carbocycles. The Balaban J connectivity index is 2.23. The maximum absolute atomic E-state index is 14.4. The summed E-state index contributed by atoms with van der Waals surface area (Å²) in [7, 11) is 0. The predicted molar refractivity (Wildman–Crippen MR) is 89.4 cm³/mol. The van der Waals surface area contributed by atoms with Gasteiger partial charge >= 0.3 is 0 Å². The average molecular weight is 352 g/mol. The summed E-state index contributed by atoms with van der Waals surface area (Å²) in [5.41, 5.74) is 0.782. The smallest absolute Gasteiger partial charge is 0.189 e. The van der Waals surface area contributed by atoms with Gasteiger partial charge in [-0.15, -0.1) is 0 Å². The molecule has 0 bridgehead atoms. The normalized spacial score (nSPS) is 18.2. The number of anilines is 1. The lowest BCUT2D eigenvalue weighted by atomic mass is 9.99. The Morgan fingerprint density at radius 3 is 2.87 bits per heavy atom. The first-order chi connectivity index (χ1) is 11.0. The number of pyridine rings is 1. The minimum absolute atomic E-state index is 0.0445. The number of thioether (sulfide) groups is 1. The summed E-state index contributed by atoms with van der Waals surface area (Å²) in [6.07, 6.45) is 3.62. The minimum atomic E-state index is -0.625. The summed E-state index contributed by atoms with van der Waals surface area (Å²) in [5, 5.41) is 10.1. The van der Waals surface area contributed by atoms with Crippen molar-refractivity contribution in [3.8, 4) is 6.07 Å². The number of fused-ring (bicyclic) bond motifs is 1. The highest BCUT2D eigenvalue weighted by Crippen LogP contribution is 2.34. The molecule has 1 atom stereocenters. The molecule has 1 unspecified atom stereocenters. The zero-order valence-electron chi connectivity index (χ0n) is 12.8. The highest BCUT2D eigenvalue weighted by atomic mass is 35.5. The number of hydrogen-bond donors (Lipinski definition) is 0. The summed E-state index contributed by atoms with van der Waals surface area (Å²) in [5.74, 6) is -0.0307. The summed E-state index contributed by atoms with van der Waals surface area (Å²) in [6.45, 7) is 3.13. The summed E-state index contributed by atoms with van der Waals surface area (Å²) >= 11 is 7.21. The highest BCUT2D eigenvalue weighted by Gasteiger charge is 2.25. The van der Waals surface area contributed by atoms with Gasteiger partial charge in [0.2, 0.25) is 0 Å². The van der Waals surface area contributed by atoms with E-state index in [0.29, 0.717) is 28.6 Å². The fourth-order valence-corrected chi connectivity index (χ4v) is 3.44. The number of hydrogen-bond acceptors (Lipinski definition) is 6. The second kappa shape index (κ2) is 6.46. The molecule has 8 heteroatoms. The maximum Gasteiger partial charge on any atom is 0.189 e. The van der Waals surface area contributed by atoms with E-state index in [2.05, 4.69) is 21.0 Å².